The molecule has 1 saturated heterocycles. The number of carbonyl (C=O) groups is 2. The summed E-state index contributed by atoms with van der Waals surface area (Å²) in [6, 6.07) is 22.6. The van der Waals surface area contributed by atoms with Crippen molar-refractivity contribution in [1.29, 1.82) is 0 Å². The average Bonchev–Trinajstić information content (AvgIpc) is 3.20. The number of nitrogens with one attached hydrogen (secondary N) is 2. The smallest absolute Gasteiger partial charge is 0.243 e. The average molecular weight is 419 g/mol. The number of hydrazine groups is 1. The molecule has 2 amide bonds. The molecular weight excluding hydrogens is 397 g/mol. The predicted octanol–water partition coefficient (Wildman–Crippen LogP) is 3.90. The number of rotatable bonds is 7. The SMILES string of the molecule is O=C(NNc1cccc(OCc2ccc(F)cc2)c1)[C@@H]1CC(=O)N(c2ccccc2)C1. The van der Waals surface area contributed by atoms with Crippen molar-refractivity contribution in [2.24, 2.45) is 5.92 Å². The molecule has 0 unspecified atom stereocenters. The molecule has 0 aliphatic carbocycles. The second kappa shape index (κ2) is 9.30. The Hall–Kier alpha value is -3.87. The number of anilines is 2. The monoisotopic (exact) mass is 419 g/mol. The summed E-state index contributed by atoms with van der Waals surface area (Å²) in [5, 5.41) is 0. The number of hydrogen-bond donors (Lipinski definition) is 2. The van der Waals surface area contributed by atoms with E-state index in [2.05, 4.69) is 10.9 Å². The summed E-state index contributed by atoms with van der Waals surface area (Å²) in [7, 11) is 0. The second-order valence-electron chi connectivity index (χ2n) is 7.30. The summed E-state index contributed by atoms with van der Waals surface area (Å²) in [5.74, 6) is -0.429. The van der Waals surface area contributed by atoms with Gasteiger partial charge in [-0.15, -0.1) is 0 Å². The normalized spacial score (nSPS) is 15.6. The fraction of sp³-hybridized carbons (Fsp3) is 0.167. The van der Waals surface area contributed by atoms with E-state index in [-0.39, 0.29) is 24.1 Å². The highest BCUT2D eigenvalue weighted by atomic mass is 19.1. The van der Waals surface area contributed by atoms with Gasteiger partial charge in [-0.1, -0.05) is 36.4 Å². The van der Waals surface area contributed by atoms with Crippen molar-refractivity contribution in [1.82, 2.24) is 5.43 Å². The Morgan fingerprint density at radius 2 is 1.81 bits per heavy atom. The van der Waals surface area contributed by atoms with Crippen molar-refractivity contribution in [3.8, 4) is 5.75 Å². The number of hydrogen-bond acceptors (Lipinski definition) is 4. The molecule has 0 spiro atoms. The topological polar surface area (TPSA) is 70.7 Å². The molecule has 4 rings (SSSR count). The van der Waals surface area contributed by atoms with Gasteiger partial charge < -0.3 is 9.64 Å². The molecule has 1 aliphatic heterocycles. The van der Waals surface area contributed by atoms with E-state index in [1.54, 1.807) is 41.3 Å². The van der Waals surface area contributed by atoms with Gasteiger partial charge in [0.05, 0.1) is 11.6 Å². The van der Waals surface area contributed by atoms with Gasteiger partial charge in [-0.2, -0.15) is 0 Å². The molecule has 0 aromatic heterocycles. The third kappa shape index (κ3) is 5.19. The minimum atomic E-state index is -0.432. The number of nitrogens with zero attached hydrogens (tertiary/aromatic N) is 1. The van der Waals surface area contributed by atoms with E-state index in [0.717, 1.165) is 11.3 Å². The largest absolute Gasteiger partial charge is 0.489 e. The van der Waals surface area contributed by atoms with Crippen LogP contribution in [0.25, 0.3) is 0 Å². The molecule has 1 aliphatic rings. The fourth-order valence-electron chi connectivity index (χ4n) is 3.39. The third-order valence-electron chi connectivity index (χ3n) is 5.05. The zero-order chi connectivity index (χ0) is 21.6. The quantitative estimate of drug-likeness (QED) is 0.570. The highest BCUT2D eigenvalue weighted by Gasteiger charge is 2.35. The standard InChI is InChI=1S/C24H22FN3O3/c25-19-11-9-17(10-12-19)16-31-22-8-4-5-20(14-22)26-27-24(30)18-13-23(29)28(15-18)21-6-2-1-3-7-21/h1-12,14,18,26H,13,15-16H2,(H,27,30)/t18-/m1/s1. The van der Waals surface area contributed by atoms with Crippen molar-refractivity contribution in [2.75, 3.05) is 16.9 Å². The lowest BCUT2D eigenvalue weighted by atomic mass is 10.1. The summed E-state index contributed by atoms with van der Waals surface area (Å²) in [5.41, 5.74) is 7.84. The zero-order valence-electron chi connectivity index (χ0n) is 16.8. The molecule has 0 bridgehead atoms. The van der Waals surface area contributed by atoms with Crippen LogP contribution in [-0.2, 0) is 16.2 Å². The molecule has 7 heteroatoms. The van der Waals surface area contributed by atoms with E-state index < -0.39 is 5.92 Å². The molecule has 0 radical (unpaired) electrons. The summed E-state index contributed by atoms with van der Waals surface area (Å²) in [6.45, 7) is 0.646. The zero-order valence-corrected chi connectivity index (χ0v) is 16.8. The Bertz CT molecular complexity index is 1060. The first-order chi connectivity index (χ1) is 15.1. The highest BCUT2D eigenvalue weighted by Crippen LogP contribution is 2.25. The first-order valence-corrected chi connectivity index (χ1v) is 9.97. The van der Waals surface area contributed by atoms with Crippen LogP contribution in [0, 0.1) is 11.7 Å². The maximum Gasteiger partial charge on any atom is 0.243 e. The van der Waals surface area contributed by atoms with Gasteiger partial charge in [0.1, 0.15) is 18.2 Å². The molecule has 1 fully saturated rings. The summed E-state index contributed by atoms with van der Waals surface area (Å²) >= 11 is 0. The van der Waals surface area contributed by atoms with Crippen molar-refractivity contribution in [3.05, 3.63) is 90.2 Å². The molecule has 1 atom stereocenters. The van der Waals surface area contributed by atoms with Gasteiger partial charge in [-0.25, -0.2) is 4.39 Å². The highest BCUT2D eigenvalue weighted by molar-refractivity contribution is 6.00. The van der Waals surface area contributed by atoms with Crippen LogP contribution in [-0.4, -0.2) is 18.4 Å². The van der Waals surface area contributed by atoms with Crippen LogP contribution >= 0.6 is 0 Å². The Kier molecular flexibility index (Phi) is 6.12. The number of carbonyl (C=O) groups excluding carboxylic acids is 2. The predicted molar refractivity (Wildman–Crippen MR) is 116 cm³/mol. The summed E-state index contributed by atoms with van der Waals surface area (Å²) in [4.78, 5) is 26.5. The molecular formula is C24H22FN3O3. The Labute approximate surface area is 179 Å². The minimum Gasteiger partial charge on any atom is -0.489 e. The number of halogens is 1. The van der Waals surface area contributed by atoms with Gasteiger partial charge in [0.15, 0.2) is 0 Å². The van der Waals surface area contributed by atoms with E-state index in [1.165, 1.54) is 12.1 Å². The fourth-order valence-corrected chi connectivity index (χ4v) is 3.39. The lowest BCUT2D eigenvalue weighted by molar-refractivity contribution is -0.125. The Morgan fingerprint density at radius 1 is 1.03 bits per heavy atom. The lowest BCUT2D eigenvalue weighted by Crippen LogP contribution is -2.36. The van der Waals surface area contributed by atoms with Crippen LogP contribution in [0.2, 0.25) is 0 Å². The summed E-state index contributed by atoms with van der Waals surface area (Å²) in [6.07, 6.45) is 0.170. The number of para-hydroxylation sites is 1. The maximum atomic E-state index is 13.0. The summed E-state index contributed by atoms with van der Waals surface area (Å²) < 4.78 is 18.7. The van der Waals surface area contributed by atoms with Crippen molar-refractivity contribution in [2.45, 2.75) is 13.0 Å². The number of amides is 2. The van der Waals surface area contributed by atoms with Gasteiger partial charge in [0.2, 0.25) is 11.8 Å². The first-order valence-electron chi connectivity index (χ1n) is 9.97. The van der Waals surface area contributed by atoms with Crippen molar-refractivity contribution < 1.29 is 18.7 Å². The molecule has 31 heavy (non-hydrogen) atoms. The lowest BCUT2D eigenvalue weighted by Gasteiger charge is -2.17. The van der Waals surface area contributed by atoms with E-state index in [0.29, 0.717) is 24.6 Å². The maximum absolute atomic E-state index is 13.0. The van der Waals surface area contributed by atoms with Gasteiger partial charge in [-0.3, -0.25) is 20.4 Å². The van der Waals surface area contributed by atoms with Crippen LogP contribution in [0.4, 0.5) is 15.8 Å². The van der Waals surface area contributed by atoms with Crippen LogP contribution < -0.4 is 20.5 Å². The number of ether oxygens (including phenoxy) is 1. The van der Waals surface area contributed by atoms with Gasteiger partial charge in [-0.05, 0) is 42.0 Å². The Balaban J connectivity index is 1.30. The van der Waals surface area contributed by atoms with E-state index in [1.807, 2.05) is 30.3 Å². The van der Waals surface area contributed by atoms with Gasteiger partial charge in [0.25, 0.3) is 0 Å². The van der Waals surface area contributed by atoms with E-state index in [9.17, 15) is 14.0 Å². The molecule has 2 N–H and O–H groups in total. The molecule has 6 nitrogen and oxygen atoms in total. The van der Waals surface area contributed by atoms with E-state index in [4.69, 9.17) is 4.74 Å². The first kappa shape index (κ1) is 20.4. The van der Waals surface area contributed by atoms with Crippen LogP contribution in [0.3, 0.4) is 0 Å². The second-order valence-corrected chi connectivity index (χ2v) is 7.30. The van der Waals surface area contributed by atoms with Crippen LogP contribution in [0.5, 0.6) is 5.75 Å². The van der Waals surface area contributed by atoms with E-state index >= 15 is 0 Å². The van der Waals surface area contributed by atoms with Crippen LogP contribution in [0.15, 0.2) is 78.9 Å². The molecule has 158 valence electrons. The molecule has 3 aromatic carbocycles. The van der Waals surface area contributed by atoms with Gasteiger partial charge in [0, 0.05) is 24.7 Å². The molecule has 1 heterocycles. The minimum absolute atomic E-state index is 0.0671. The van der Waals surface area contributed by atoms with Crippen molar-refractivity contribution >= 4 is 23.2 Å². The third-order valence-corrected chi connectivity index (χ3v) is 5.05. The Morgan fingerprint density at radius 3 is 2.58 bits per heavy atom. The molecule has 3 aromatic rings. The number of benzene rings is 3. The molecule has 0 saturated carbocycles. The van der Waals surface area contributed by atoms with Crippen LogP contribution in [0.1, 0.15) is 12.0 Å². The van der Waals surface area contributed by atoms with Gasteiger partial charge >= 0.3 is 0 Å². The van der Waals surface area contributed by atoms with Crippen molar-refractivity contribution in [3.63, 3.8) is 0 Å².